The molecule has 0 saturated heterocycles. The lowest BCUT2D eigenvalue weighted by molar-refractivity contribution is 0.178. The smallest absolute Gasteiger partial charge is 0.278 e. The van der Waals surface area contributed by atoms with Crippen molar-refractivity contribution in [2.75, 3.05) is 6.54 Å². The maximum Gasteiger partial charge on any atom is 0.278 e. The van der Waals surface area contributed by atoms with Gasteiger partial charge < -0.3 is 5.21 Å². The molecule has 15 heavy (non-hydrogen) atoms. The van der Waals surface area contributed by atoms with Crippen LogP contribution in [0.3, 0.4) is 0 Å². The molecule has 0 saturated carbocycles. The Kier molecular flexibility index (Phi) is 2.62. The Morgan fingerprint density at radius 1 is 1.33 bits per heavy atom. The molecule has 1 heterocycles. The normalized spacial score (nSPS) is 12.2. The van der Waals surface area contributed by atoms with E-state index in [4.69, 9.17) is 0 Å². The average molecular weight is 204 g/mol. The van der Waals surface area contributed by atoms with Crippen LogP contribution in [0.15, 0.2) is 29.3 Å². The van der Waals surface area contributed by atoms with Gasteiger partial charge in [-0.05, 0) is 18.6 Å². The van der Waals surface area contributed by atoms with E-state index in [0.29, 0.717) is 17.6 Å². The fraction of sp³-hybridized carbons (Fsp3) is 0.300. The van der Waals surface area contributed by atoms with E-state index in [2.05, 4.69) is 15.2 Å². The van der Waals surface area contributed by atoms with Gasteiger partial charge in [0.25, 0.3) is 5.62 Å². The van der Waals surface area contributed by atoms with Gasteiger partial charge in [0.2, 0.25) is 0 Å². The second-order valence-electron chi connectivity index (χ2n) is 3.18. The summed E-state index contributed by atoms with van der Waals surface area (Å²) < 4.78 is 0.970. The zero-order valence-corrected chi connectivity index (χ0v) is 8.46. The second kappa shape index (κ2) is 4.08. The van der Waals surface area contributed by atoms with Crippen LogP contribution in [0.1, 0.15) is 13.3 Å². The predicted molar refractivity (Wildman–Crippen MR) is 55.4 cm³/mol. The van der Waals surface area contributed by atoms with Crippen LogP contribution in [0.25, 0.3) is 11.0 Å². The van der Waals surface area contributed by atoms with Gasteiger partial charge in [-0.1, -0.05) is 19.1 Å². The van der Waals surface area contributed by atoms with Gasteiger partial charge in [0.05, 0.1) is 0 Å². The first kappa shape index (κ1) is 9.64. The van der Waals surface area contributed by atoms with Crippen molar-refractivity contribution in [2.24, 2.45) is 4.99 Å². The molecule has 5 heteroatoms. The largest absolute Gasteiger partial charge is 0.425 e. The monoisotopic (exact) mass is 204 g/mol. The number of benzene rings is 1. The number of para-hydroxylation sites is 1. The van der Waals surface area contributed by atoms with Gasteiger partial charge in [-0.15, -0.1) is 14.9 Å². The van der Waals surface area contributed by atoms with Crippen LogP contribution in [-0.4, -0.2) is 26.7 Å². The Bertz CT molecular complexity index is 532. The molecular weight excluding hydrogens is 192 g/mol. The van der Waals surface area contributed by atoms with Gasteiger partial charge >= 0.3 is 0 Å². The summed E-state index contributed by atoms with van der Waals surface area (Å²) in [6, 6.07) is 7.24. The highest BCUT2D eigenvalue weighted by atomic mass is 16.5. The van der Waals surface area contributed by atoms with Crippen LogP contribution < -0.4 is 5.62 Å². The molecule has 0 aliphatic heterocycles. The average Bonchev–Trinajstić information content (AvgIpc) is 2.29. The number of rotatable bonds is 2. The van der Waals surface area contributed by atoms with Crippen molar-refractivity contribution in [3.63, 3.8) is 0 Å². The second-order valence-corrected chi connectivity index (χ2v) is 3.18. The number of nitrogens with zero attached hydrogens (tertiary/aromatic N) is 4. The third-order valence-corrected chi connectivity index (χ3v) is 2.02. The number of hydrogen-bond acceptors (Lipinski definition) is 4. The van der Waals surface area contributed by atoms with Crippen LogP contribution in [0, 0.1) is 0 Å². The molecule has 0 aliphatic rings. The molecule has 0 amide bonds. The van der Waals surface area contributed by atoms with E-state index < -0.39 is 0 Å². The van der Waals surface area contributed by atoms with Gasteiger partial charge in [-0.3, -0.25) is 0 Å². The van der Waals surface area contributed by atoms with E-state index in [1.54, 1.807) is 12.1 Å². The Balaban J connectivity index is 2.65. The van der Waals surface area contributed by atoms with E-state index in [9.17, 15) is 5.21 Å². The molecule has 1 aromatic heterocycles. The van der Waals surface area contributed by atoms with Crippen LogP contribution in [-0.2, 0) is 0 Å². The summed E-state index contributed by atoms with van der Waals surface area (Å²) in [5.74, 6) is 0. The topological polar surface area (TPSA) is 63.3 Å². The number of fused-ring (bicyclic) bond motifs is 1. The summed E-state index contributed by atoms with van der Waals surface area (Å²) in [5.41, 5.74) is 1.51. The summed E-state index contributed by atoms with van der Waals surface area (Å²) in [6.45, 7) is 2.65. The summed E-state index contributed by atoms with van der Waals surface area (Å²) in [4.78, 5) is 4.11. The van der Waals surface area contributed by atoms with Gasteiger partial charge in [-0.25, -0.2) is 4.99 Å². The Hall–Kier alpha value is -1.91. The number of aromatic nitrogens is 3. The maximum atomic E-state index is 9.80. The SMILES string of the molecule is CCCN=c1nnc2ccccc2n1O. The minimum Gasteiger partial charge on any atom is -0.425 e. The molecule has 78 valence electrons. The quantitative estimate of drug-likeness (QED) is 0.741. The highest BCUT2D eigenvalue weighted by Gasteiger charge is 2.00. The van der Waals surface area contributed by atoms with Crippen molar-refractivity contribution in [2.45, 2.75) is 13.3 Å². The molecule has 5 nitrogen and oxygen atoms in total. The zero-order valence-electron chi connectivity index (χ0n) is 8.46. The molecule has 0 unspecified atom stereocenters. The molecule has 1 N–H and O–H groups in total. The third kappa shape index (κ3) is 1.81. The van der Waals surface area contributed by atoms with Gasteiger partial charge in [0, 0.05) is 6.54 Å². The summed E-state index contributed by atoms with van der Waals surface area (Å²) in [5, 5.41) is 17.6. The molecule has 0 fully saturated rings. The summed E-state index contributed by atoms with van der Waals surface area (Å²) in [7, 11) is 0. The molecule has 1 aromatic carbocycles. The lowest BCUT2D eigenvalue weighted by Crippen LogP contribution is -2.24. The Labute approximate surface area is 86.7 Å². The predicted octanol–water partition coefficient (Wildman–Crippen LogP) is 0.979. The lowest BCUT2D eigenvalue weighted by atomic mass is 10.3. The summed E-state index contributed by atoms with van der Waals surface area (Å²) >= 11 is 0. The van der Waals surface area contributed by atoms with Crippen molar-refractivity contribution in [3.05, 3.63) is 29.9 Å². The van der Waals surface area contributed by atoms with Crippen LogP contribution in [0.2, 0.25) is 0 Å². The van der Waals surface area contributed by atoms with E-state index in [1.807, 2.05) is 19.1 Å². The van der Waals surface area contributed by atoms with Gasteiger partial charge in [0.15, 0.2) is 0 Å². The van der Waals surface area contributed by atoms with Gasteiger partial charge in [0.1, 0.15) is 11.0 Å². The molecule has 0 bridgehead atoms. The van der Waals surface area contributed by atoms with Crippen LogP contribution >= 0.6 is 0 Å². The zero-order chi connectivity index (χ0) is 10.7. The van der Waals surface area contributed by atoms with Crippen LogP contribution in [0.4, 0.5) is 0 Å². The van der Waals surface area contributed by atoms with Crippen molar-refractivity contribution in [3.8, 4) is 0 Å². The Morgan fingerprint density at radius 3 is 2.93 bits per heavy atom. The molecular formula is C10H12N4O. The molecule has 2 rings (SSSR count). The van der Waals surface area contributed by atoms with E-state index >= 15 is 0 Å². The molecule has 0 atom stereocenters. The fourth-order valence-electron chi connectivity index (χ4n) is 1.29. The van der Waals surface area contributed by atoms with E-state index in [0.717, 1.165) is 11.2 Å². The molecule has 0 spiro atoms. The molecule has 2 aromatic rings. The maximum absolute atomic E-state index is 9.80. The van der Waals surface area contributed by atoms with Crippen LogP contribution in [0.5, 0.6) is 0 Å². The molecule has 0 aliphatic carbocycles. The first-order valence-corrected chi connectivity index (χ1v) is 4.87. The van der Waals surface area contributed by atoms with Gasteiger partial charge in [-0.2, -0.15) is 0 Å². The third-order valence-electron chi connectivity index (χ3n) is 2.02. The minimum atomic E-state index is 0.246. The summed E-state index contributed by atoms with van der Waals surface area (Å²) in [6.07, 6.45) is 0.911. The highest BCUT2D eigenvalue weighted by molar-refractivity contribution is 5.73. The molecule has 0 radical (unpaired) electrons. The lowest BCUT2D eigenvalue weighted by Gasteiger charge is -2.01. The first-order chi connectivity index (χ1) is 7.33. The Morgan fingerprint density at radius 2 is 2.13 bits per heavy atom. The van der Waals surface area contributed by atoms with E-state index in [-0.39, 0.29) is 5.62 Å². The van der Waals surface area contributed by atoms with Crippen molar-refractivity contribution < 1.29 is 5.21 Å². The minimum absolute atomic E-state index is 0.246. The van der Waals surface area contributed by atoms with Crippen molar-refractivity contribution in [1.29, 1.82) is 0 Å². The first-order valence-electron chi connectivity index (χ1n) is 4.87. The van der Waals surface area contributed by atoms with E-state index in [1.165, 1.54) is 0 Å². The van der Waals surface area contributed by atoms with Crippen molar-refractivity contribution in [1.82, 2.24) is 14.9 Å². The fourth-order valence-corrected chi connectivity index (χ4v) is 1.29. The standard InChI is InChI=1S/C10H12N4O/c1-2-7-11-10-13-12-8-5-3-4-6-9(8)14(10)15/h3-6,15H,2,7H2,1H3. The van der Waals surface area contributed by atoms with Crippen molar-refractivity contribution >= 4 is 11.0 Å². The highest BCUT2D eigenvalue weighted by Crippen LogP contribution is 2.04. The number of hydrogen-bond donors (Lipinski definition) is 1.